The molecule has 3 rings (SSSR count). The Labute approximate surface area is 119 Å². The van der Waals surface area contributed by atoms with Gasteiger partial charge in [0, 0.05) is 6.42 Å². The molecular weight excluding hydrogens is 282 g/mol. The Kier molecular flexibility index (Phi) is 3.28. The second kappa shape index (κ2) is 5.08. The van der Waals surface area contributed by atoms with Gasteiger partial charge in [0.15, 0.2) is 10.3 Å². The number of nitriles is 1. The first kappa shape index (κ1) is 12.3. The summed E-state index contributed by atoms with van der Waals surface area (Å²) >= 11 is 7.07. The van der Waals surface area contributed by atoms with E-state index >= 15 is 0 Å². The molecule has 96 valence electrons. The van der Waals surface area contributed by atoms with Gasteiger partial charge in [0.25, 0.3) is 0 Å². The van der Waals surface area contributed by atoms with Crippen LogP contribution in [0.2, 0.25) is 5.15 Å². The number of nitrogens with one attached hydrogen (secondary N) is 1. The summed E-state index contributed by atoms with van der Waals surface area (Å²) in [5.74, 6) is 0.948. The molecule has 4 nitrogen and oxygen atoms in total. The summed E-state index contributed by atoms with van der Waals surface area (Å²) in [4.78, 5) is 4.52. The SMILES string of the molecule is N#Cc1sc(NCC2Cc3ccccc3O2)nc1Cl. The van der Waals surface area contributed by atoms with Crippen molar-refractivity contribution in [2.75, 3.05) is 11.9 Å². The van der Waals surface area contributed by atoms with E-state index in [9.17, 15) is 0 Å². The highest BCUT2D eigenvalue weighted by molar-refractivity contribution is 7.16. The van der Waals surface area contributed by atoms with Crippen LogP contribution in [0, 0.1) is 11.3 Å². The van der Waals surface area contributed by atoms with E-state index in [4.69, 9.17) is 21.6 Å². The fraction of sp³-hybridized carbons (Fsp3) is 0.231. The number of thiazole rings is 1. The molecule has 2 heterocycles. The maximum absolute atomic E-state index is 8.81. The van der Waals surface area contributed by atoms with Crippen LogP contribution in [-0.4, -0.2) is 17.6 Å². The Balaban J connectivity index is 1.61. The van der Waals surface area contributed by atoms with Crippen molar-refractivity contribution in [2.45, 2.75) is 12.5 Å². The number of ether oxygens (including phenoxy) is 1. The molecule has 0 amide bonds. The van der Waals surface area contributed by atoms with E-state index in [2.05, 4.69) is 16.4 Å². The van der Waals surface area contributed by atoms with E-state index in [-0.39, 0.29) is 11.3 Å². The Morgan fingerprint density at radius 1 is 1.53 bits per heavy atom. The zero-order valence-corrected chi connectivity index (χ0v) is 11.5. The van der Waals surface area contributed by atoms with Crippen LogP contribution in [0.1, 0.15) is 10.4 Å². The van der Waals surface area contributed by atoms with Crippen molar-refractivity contribution < 1.29 is 4.74 Å². The van der Waals surface area contributed by atoms with Crippen LogP contribution in [0.4, 0.5) is 5.13 Å². The lowest BCUT2D eigenvalue weighted by Gasteiger charge is -2.10. The number of hydrogen-bond acceptors (Lipinski definition) is 5. The summed E-state index contributed by atoms with van der Waals surface area (Å²) in [7, 11) is 0. The van der Waals surface area contributed by atoms with Gasteiger partial charge in [-0.2, -0.15) is 5.26 Å². The Morgan fingerprint density at radius 2 is 2.37 bits per heavy atom. The summed E-state index contributed by atoms with van der Waals surface area (Å²) < 4.78 is 5.81. The lowest BCUT2D eigenvalue weighted by atomic mass is 10.1. The lowest BCUT2D eigenvalue weighted by Crippen LogP contribution is -2.23. The van der Waals surface area contributed by atoms with E-state index in [1.807, 2.05) is 24.3 Å². The number of aromatic nitrogens is 1. The molecule has 0 fully saturated rings. The molecule has 6 heteroatoms. The van der Waals surface area contributed by atoms with Crippen LogP contribution in [0.25, 0.3) is 0 Å². The van der Waals surface area contributed by atoms with Gasteiger partial charge in [-0.05, 0) is 11.6 Å². The van der Waals surface area contributed by atoms with Crippen LogP contribution in [-0.2, 0) is 6.42 Å². The van der Waals surface area contributed by atoms with Gasteiger partial charge in [0.05, 0.1) is 6.54 Å². The van der Waals surface area contributed by atoms with E-state index in [0.717, 1.165) is 12.2 Å². The van der Waals surface area contributed by atoms with Crippen molar-refractivity contribution in [3.8, 4) is 11.8 Å². The average Bonchev–Trinajstić information content (AvgIpc) is 2.98. The third kappa shape index (κ3) is 2.50. The van der Waals surface area contributed by atoms with Crippen molar-refractivity contribution >= 4 is 28.1 Å². The maximum atomic E-state index is 8.81. The molecule has 19 heavy (non-hydrogen) atoms. The molecule has 1 aliphatic heterocycles. The molecule has 1 aliphatic rings. The average molecular weight is 292 g/mol. The first-order chi connectivity index (χ1) is 9.26. The van der Waals surface area contributed by atoms with Crippen molar-refractivity contribution in [1.82, 2.24) is 4.98 Å². The summed E-state index contributed by atoms with van der Waals surface area (Å²) in [6, 6.07) is 10.0. The highest BCUT2D eigenvalue weighted by Gasteiger charge is 2.22. The number of hydrogen-bond donors (Lipinski definition) is 1. The second-order valence-electron chi connectivity index (χ2n) is 4.18. The monoisotopic (exact) mass is 291 g/mol. The van der Waals surface area contributed by atoms with Crippen molar-refractivity contribution in [1.29, 1.82) is 5.26 Å². The smallest absolute Gasteiger partial charge is 0.185 e. The molecule has 1 aromatic carbocycles. The molecule has 1 N–H and O–H groups in total. The molecular formula is C13H10ClN3OS. The number of halogens is 1. The third-order valence-electron chi connectivity index (χ3n) is 2.88. The minimum Gasteiger partial charge on any atom is -0.488 e. The second-order valence-corrected chi connectivity index (χ2v) is 5.54. The molecule has 0 spiro atoms. The summed E-state index contributed by atoms with van der Waals surface area (Å²) in [5.41, 5.74) is 1.23. The van der Waals surface area contributed by atoms with E-state index < -0.39 is 0 Å². The molecule has 2 aromatic rings. The van der Waals surface area contributed by atoms with Crippen LogP contribution >= 0.6 is 22.9 Å². The topological polar surface area (TPSA) is 57.9 Å². The molecule has 0 saturated carbocycles. The Morgan fingerprint density at radius 3 is 3.11 bits per heavy atom. The minimum atomic E-state index is 0.0885. The van der Waals surface area contributed by atoms with Gasteiger partial charge < -0.3 is 10.1 Å². The molecule has 0 radical (unpaired) electrons. The number of fused-ring (bicyclic) bond motifs is 1. The quantitative estimate of drug-likeness (QED) is 0.944. The number of nitrogens with zero attached hydrogens (tertiary/aromatic N) is 2. The molecule has 0 saturated heterocycles. The van der Waals surface area contributed by atoms with Crippen molar-refractivity contribution in [3.05, 3.63) is 39.9 Å². The highest BCUT2D eigenvalue weighted by Crippen LogP contribution is 2.29. The fourth-order valence-electron chi connectivity index (χ4n) is 2.02. The van der Waals surface area contributed by atoms with Crippen LogP contribution in [0.3, 0.4) is 0 Å². The van der Waals surface area contributed by atoms with Crippen LogP contribution < -0.4 is 10.1 Å². The van der Waals surface area contributed by atoms with Gasteiger partial charge in [-0.15, -0.1) is 0 Å². The molecule has 1 atom stereocenters. The highest BCUT2D eigenvalue weighted by atomic mass is 35.5. The Hall–Kier alpha value is -1.77. The van der Waals surface area contributed by atoms with Gasteiger partial charge in [-0.25, -0.2) is 4.98 Å². The van der Waals surface area contributed by atoms with Crippen LogP contribution in [0.5, 0.6) is 5.75 Å². The summed E-state index contributed by atoms with van der Waals surface area (Å²) in [6.45, 7) is 0.642. The maximum Gasteiger partial charge on any atom is 0.185 e. The molecule has 0 bridgehead atoms. The fourth-order valence-corrected chi connectivity index (χ4v) is 2.97. The van der Waals surface area contributed by atoms with Gasteiger partial charge >= 0.3 is 0 Å². The van der Waals surface area contributed by atoms with Crippen LogP contribution in [0.15, 0.2) is 24.3 Å². The number of anilines is 1. The lowest BCUT2D eigenvalue weighted by molar-refractivity contribution is 0.246. The first-order valence-electron chi connectivity index (χ1n) is 5.81. The summed E-state index contributed by atoms with van der Waals surface area (Å²) in [6.07, 6.45) is 0.971. The number of rotatable bonds is 3. The van der Waals surface area contributed by atoms with Crippen molar-refractivity contribution in [2.24, 2.45) is 0 Å². The zero-order chi connectivity index (χ0) is 13.2. The molecule has 1 aromatic heterocycles. The van der Waals surface area contributed by atoms with Gasteiger partial charge in [0.1, 0.15) is 22.8 Å². The van der Waals surface area contributed by atoms with E-state index in [1.54, 1.807) is 0 Å². The predicted octanol–water partition coefficient (Wildman–Crippen LogP) is 3.08. The number of para-hydroxylation sites is 1. The van der Waals surface area contributed by atoms with E-state index in [0.29, 0.717) is 16.6 Å². The summed E-state index contributed by atoms with van der Waals surface area (Å²) in [5, 5.41) is 12.9. The van der Waals surface area contributed by atoms with Gasteiger partial charge in [0.2, 0.25) is 0 Å². The Bertz CT molecular complexity index is 625. The largest absolute Gasteiger partial charge is 0.488 e. The van der Waals surface area contributed by atoms with Gasteiger partial charge in [-0.1, -0.05) is 41.1 Å². The standard InChI is InChI=1S/C13H10ClN3OS/c14-12-11(6-15)19-13(17-12)16-7-9-5-8-3-1-2-4-10(8)18-9/h1-4,9H,5,7H2,(H,16,17). The zero-order valence-electron chi connectivity index (χ0n) is 9.89. The minimum absolute atomic E-state index is 0.0885. The predicted molar refractivity (Wildman–Crippen MR) is 74.9 cm³/mol. The molecule has 0 aliphatic carbocycles. The van der Waals surface area contributed by atoms with Gasteiger partial charge in [-0.3, -0.25) is 0 Å². The third-order valence-corrected chi connectivity index (χ3v) is 4.19. The van der Waals surface area contributed by atoms with Crippen molar-refractivity contribution in [3.63, 3.8) is 0 Å². The number of benzene rings is 1. The normalized spacial score (nSPS) is 16.5. The van der Waals surface area contributed by atoms with E-state index in [1.165, 1.54) is 16.9 Å². The first-order valence-corrected chi connectivity index (χ1v) is 7.00. The molecule has 1 unspecified atom stereocenters.